The van der Waals surface area contributed by atoms with E-state index in [1.807, 2.05) is 48.5 Å². The van der Waals surface area contributed by atoms with Gasteiger partial charge in [-0.1, -0.05) is 45.4 Å². The maximum Gasteiger partial charge on any atom is 0.262 e. The lowest BCUT2D eigenvalue weighted by atomic mass is 9.95. The number of aromatic amines is 1. The van der Waals surface area contributed by atoms with Crippen LogP contribution < -0.4 is 5.01 Å². The van der Waals surface area contributed by atoms with Gasteiger partial charge in [-0.2, -0.15) is 5.10 Å². The summed E-state index contributed by atoms with van der Waals surface area (Å²) in [6.45, 7) is 0.289. The number of carbonyl (C=O) groups excluding carboxylic acids is 1. The van der Waals surface area contributed by atoms with Crippen LogP contribution in [0.5, 0.6) is 0 Å². The molecule has 0 spiro atoms. The fourth-order valence-electron chi connectivity index (χ4n) is 3.45. The summed E-state index contributed by atoms with van der Waals surface area (Å²) in [5, 5.41) is 16.3. The van der Waals surface area contributed by atoms with Gasteiger partial charge in [-0.25, -0.2) is 14.4 Å². The van der Waals surface area contributed by atoms with Gasteiger partial charge in [-0.15, -0.1) is 16.7 Å². The standard InChI is InChI=1S/C18H13BrClN7OS/c19-11-7-5-10(6-8-11)16-15(20)17(28)27(16)26-14(22-23-18(26)29)9-25-13-4-2-1-3-12(13)21-24-25/h1-8,15-16H,9H2,(H,23,29). The molecule has 4 aromatic rings. The first-order valence-electron chi connectivity index (χ1n) is 8.72. The lowest BCUT2D eigenvalue weighted by molar-refractivity contribution is -0.126. The molecule has 11 heteroatoms. The molecule has 1 aliphatic rings. The summed E-state index contributed by atoms with van der Waals surface area (Å²) in [7, 11) is 0. The van der Waals surface area contributed by atoms with Crippen molar-refractivity contribution in [1.82, 2.24) is 29.9 Å². The minimum absolute atomic E-state index is 0.234. The highest BCUT2D eigenvalue weighted by atomic mass is 79.9. The number of hydrogen-bond donors (Lipinski definition) is 1. The van der Waals surface area contributed by atoms with E-state index in [-0.39, 0.29) is 18.5 Å². The van der Waals surface area contributed by atoms with E-state index in [9.17, 15) is 4.79 Å². The molecule has 1 fully saturated rings. The van der Waals surface area contributed by atoms with Gasteiger partial charge in [-0.3, -0.25) is 9.89 Å². The Balaban J connectivity index is 1.54. The van der Waals surface area contributed by atoms with Gasteiger partial charge in [-0.05, 0) is 42.0 Å². The third-order valence-electron chi connectivity index (χ3n) is 4.86. The summed E-state index contributed by atoms with van der Waals surface area (Å²) in [4.78, 5) is 12.7. The fraction of sp³-hybridized carbons (Fsp3) is 0.167. The van der Waals surface area contributed by atoms with E-state index in [4.69, 9.17) is 23.8 Å². The van der Waals surface area contributed by atoms with Crippen molar-refractivity contribution in [3.8, 4) is 0 Å². The molecule has 0 aliphatic carbocycles. The van der Waals surface area contributed by atoms with E-state index in [1.165, 1.54) is 0 Å². The Morgan fingerprint density at radius 1 is 1.17 bits per heavy atom. The molecule has 146 valence electrons. The smallest absolute Gasteiger partial charge is 0.262 e. The molecule has 3 heterocycles. The fourth-order valence-corrected chi connectivity index (χ4v) is 4.31. The third-order valence-corrected chi connectivity index (χ3v) is 6.08. The van der Waals surface area contributed by atoms with Crippen LogP contribution in [0.2, 0.25) is 0 Å². The molecule has 1 aliphatic heterocycles. The van der Waals surface area contributed by atoms with E-state index in [1.54, 1.807) is 14.4 Å². The quantitative estimate of drug-likeness (QED) is 0.269. The van der Waals surface area contributed by atoms with Crippen molar-refractivity contribution in [2.24, 2.45) is 0 Å². The topological polar surface area (TPSA) is 84.6 Å². The van der Waals surface area contributed by atoms with Gasteiger partial charge in [0.15, 0.2) is 5.82 Å². The van der Waals surface area contributed by atoms with Crippen LogP contribution in [0.25, 0.3) is 11.0 Å². The number of benzene rings is 2. The summed E-state index contributed by atoms with van der Waals surface area (Å²) in [6, 6.07) is 15.0. The molecule has 2 unspecified atom stereocenters. The Hall–Kier alpha value is -2.56. The zero-order chi connectivity index (χ0) is 20.1. The highest BCUT2D eigenvalue weighted by molar-refractivity contribution is 9.10. The Bertz CT molecular complexity index is 1280. The van der Waals surface area contributed by atoms with Gasteiger partial charge in [0.1, 0.15) is 23.5 Å². The van der Waals surface area contributed by atoms with Crippen LogP contribution in [0, 0.1) is 4.77 Å². The summed E-state index contributed by atoms with van der Waals surface area (Å²) >= 11 is 15.2. The normalized spacial score (nSPS) is 19.0. The number of β-lactam (4-membered cyclic amide) rings is 1. The summed E-state index contributed by atoms with van der Waals surface area (Å²) in [5.74, 6) is 0.298. The molecule has 1 N–H and O–H groups in total. The summed E-state index contributed by atoms with van der Waals surface area (Å²) in [6.07, 6.45) is 0. The number of H-pyrrole nitrogens is 1. The predicted molar refractivity (Wildman–Crippen MR) is 114 cm³/mol. The largest absolute Gasteiger partial charge is 0.271 e. The second-order valence-corrected chi connectivity index (χ2v) is 8.35. The molecule has 5 rings (SSSR count). The number of nitrogens with zero attached hydrogens (tertiary/aromatic N) is 6. The van der Waals surface area contributed by atoms with Crippen molar-refractivity contribution in [2.75, 3.05) is 5.01 Å². The number of amides is 1. The predicted octanol–water partition coefficient (Wildman–Crippen LogP) is 3.32. The first kappa shape index (κ1) is 18.5. The van der Waals surface area contributed by atoms with Crippen LogP contribution in [0.1, 0.15) is 17.4 Å². The highest BCUT2D eigenvalue weighted by Crippen LogP contribution is 2.38. The van der Waals surface area contributed by atoms with Crippen LogP contribution in [0.4, 0.5) is 0 Å². The molecule has 29 heavy (non-hydrogen) atoms. The molecule has 2 aromatic carbocycles. The second kappa shape index (κ2) is 7.05. The minimum atomic E-state index is -0.673. The van der Waals surface area contributed by atoms with Gasteiger partial charge >= 0.3 is 0 Å². The number of rotatable bonds is 4. The lowest BCUT2D eigenvalue weighted by Crippen LogP contribution is -2.62. The highest BCUT2D eigenvalue weighted by Gasteiger charge is 2.49. The van der Waals surface area contributed by atoms with E-state index >= 15 is 0 Å². The maximum absolute atomic E-state index is 12.7. The lowest BCUT2D eigenvalue weighted by Gasteiger charge is -2.44. The zero-order valence-corrected chi connectivity index (χ0v) is 17.9. The van der Waals surface area contributed by atoms with E-state index in [0.717, 1.165) is 21.1 Å². The first-order valence-corrected chi connectivity index (χ1v) is 10.4. The number of hydrogen-bond acceptors (Lipinski definition) is 5. The number of nitrogens with one attached hydrogen (secondary N) is 1. The van der Waals surface area contributed by atoms with Crippen LogP contribution >= 0.6 is 39.7 Å². The van der Waals surface area contributed by atoms with Crippen molar-refractivity contribution in [3.63, 3.8) is 0 Å². The maximum atomic E-state index is 12.7. The Morgan fingerprint density at radius 2 is 1.93 bits per heavy atom. The number of fused-ring (bicyclic) bond motifs is 1. The zero-order valence-electron chi connectivity index (χ0n) is 14.7. The average molecular weight is 491 g/mol. The molecule has 2 atom stereocenters. The number of aromatic nitrogens is 6. The molecular formula is C18H13BrClN7OS. The van der Waals surface area contributed by atoms with Crippen molar-refractivity contribution < 1.29 is 4.79 Å². The molecular weight excluding hydrogens is 478 g/mol. The molecule has 1 amide bonds. The third kappa shape index (κ3) is 2.98. The van der Waals surface area contributed by atoms with E-state index < -0.39 is 5.38 Å². The van der Waals surface area contributed by atoms with Crippen LogP contribution in [0.3, 0.4) is 0 Å². The average Bonchev–Trinajstić information content (AvgIpc) is 3.30. The second-order valence-electron chi connectivity index (χ2n) is 6.57. The molecule has 0 radical (unpaired) electrons. The SMILES string of the molecule is O=C1C(Cl)C(c2ccc(Br)cc2)N1n1c(Cn2nnc3ccccc32)n[nH]c1=S. The number of para-hydroxylation sites is 1. The van der Waals surface area contributed by atoms with Crippen LogP contribution in [-0.4, -0.2) is 41.2 Å². The number of alkyl halides is 1. The van der Waals surface area contributed by atoms with Gasteiger partial charge in [0.25, 0.3) is 5.91 Å². The Labute approximate surface area is 183 Å². The van der Waals surface area contributed by atoms with Crippen molar-refractivity contribution in [3.05, 3.63) is 69.2 Å². The van der Waals surface area contributed by atoms with Crippen LogP contribution in [0.15, 0.2) is 53.0 Å². The molecule has 0 saturated carbocycles. The van der Waals surface area contributed by atoms with Crippen molar-refractivity contribution >= 4 is 56.7 Å². The van der Waals surface area contributed by atoms with Crippen molar-refractivity contribution in [1.29, 1.82) is 0 Å². The minimum Gasteiger partial charge on any atom is -0.271 e. The summed E-state index contributed by atoms with van der Waals surface area (Å²) < 4.78 is 4.57. The number of carbonyl (C=O) groups is 1. The van der Waals surface area contributed by atoms with E-state index in [0.29, 0.717) is 10.6 Å². The Kier molecular flexibility index (Phi) is 4.49. The molecule has 0 bridgehead atoms. The monoisotopic (exact) mass is 489 g/mol. The van der Waals surface area contributed by atoms with Crippen molar-refractivity contribution in [2.45, 2.75) is 18.0 Å². The number of halogens is 2. The van der Waals surface area contributed by atoms with Crippen LogP contribution in [-0.2, 0) is 11.3 Å². The van der Waals surface area contributed by atoms with Gasteiger partial charge < -0.3 is 0 Å². The first-order chi connectivity index (χ1) is 14.0. The van der Waals surface area contributed by atoms with Gasteiger partial charge in [0.2, 0.25) is 4.77 Å². The van der Waals surface area contributed by atoms with E-state index in [2.05, 4.69) is 36.4 Å². The summed E-state index contributed by atoms with van der Waals surface area (Å²) in [5.41, 5.74) is 2.55. The molecule has 2 aromatic heterocycles. The van der Waals surface area contributed by atoms with Gasteiger partial charge in [0.05, 0.1) is 5.52 Å². The molecule has 8 nitrogen and oxygen atoms in total. The van der Waals surface area contributed by atoms with Gasteiger partial charge in [0, 0.05) is 4.47 Å². The Morgan fingerprint density at radius 3 is 2.72 bits per heavy atom. The molecule has 1 saturated heterocycles.